The van der Waals surface area contributed by atoms with Gasteiger partial charge in [-0.15, -0.1) is 0 Å². The van der Waals surface area contributed by atoms with Gasteiger partial charge in [-0.3, -0.25) is 0 Å². The molecule has 0 aliphatic carbocycles. The van der Waals surface area contributed by atoms with Crippen LogP contribution in [0.25, 0.3) is 10.9 Å². The summed E-state index contributed by atoms with van der Waals surface area (Å²) in [6, 6.07) is 20.1. The van der Waals surface area contributed by atoms with Gasteiger partial charge in [-0.05, 0) is 95.2 Å². The lowest BCUT2D eigenvalue weighted by Gasteiger charge is -2.27. The molecule has 0 atom stereocenters. The van der Waals surface area contributed by atoms with Crippen molar-refractivity contribution in [1.82, 2.24) is 8.61 Å². The highest BCUT2D eigenvalue weighted by atomic mass is 32.2. The molecule has 0 saturated carbocycles. The van der Waals surface area contributed by atoms with Crippen LogP contribution in [0.3, 0.4) is 0 Å². The molecule has 1 aromatic carbocycles. The molecule has 2 heterocycles. The first-order chi connectivity index (χ1) is 22.1. The van der Waals surface area contributed by atoms with Crippen LogP contribution in [-0.4, -0.2) is 62.1 Å². The molecule has 0 spiro atoms. The van der Waals surface area contributed by atoms with Crippen LogP contribution in [0.15, 0.2) is 73.2 Å². The van der Waals surface area contributed by atoms with E-state index in [4.69, 9.17) is 0 Å². The van der Waals surface area contributed by atoms with E-state index in [0.29, 0.717) is 12.1 Å². The van der Waals surface area contributed by atoms with Gasteiger partial charge in [0.25, 0.3) is 0 Å². The molecular weight excluding hydrogens is 641 g/mol. The van der Waals surface area contributed by atoms with Crippen LogP contribution >= 0.6 is 0 Å². The minimum Gasteiger partial charge on any atom is -0.212 e. The largest absolute Gasteiger partial charge is 0.212 e. The smallest absolute Gasteiger partial charge is 0.212 e. The van der Waals surface area contributed by atoms with Gasteiger partial charge in [0.15, 0.2) is 30.7 Å². The number of hydrogen-bond acceptors (Lipinski definition) is 4. The Hall–Kier alpha value is -2.40. The molecule has 0 unspecified atom stereocenters. The molecule has 0 aliphatic heterocycles. The maximum Gasteiger partial charge on any atom is 0.212 e. The van der Waals surface area contributed by atoms with Crippen LogP contribution < -0.4 is 9.13 Å². The van der Waals surface area contributed by atoms with Crippen LogP contribution in [0, 0.1) is 0 Å². The molecule has 48 heavy (non-hydrogen) atoms. The lowest BCUT2D eigenvalue weighted by atomic mass is 10.2. The van der Waals surface area contributed by atoms with E-state index in [9.17, 15) is 16.8 Å². The molecule has 3 rings (SSSR count). The third-order valence-corrected chi connectivity index (χ3v) is 9.65. The molecule has 0 saturated heterocycles. The van der Waals surface area contributed by atoms with Crippen LogP contribution in [-0.2, 0) is 20.0 Å². The summed E-state index contributed by atoms with van der Waals surface area (Å²) in [5.74, 6) is 0. The van der Waals surface area contributed by atoms with Crippen molar-refractivity contribution in [3.63, 3.8) is 0 Å². The van der Waals surface area contributed by atoms with Crippen molar-refractivity contribution in [3.05, 3.63) is 73.2 Å². The van der Waals surface area contributed by atoms with Crippen LogP contribution in [0.4, 0.5) is 0 Å². The summed E-state index contributed by atoms with van der Waals surface area (Å²) < 4.78 is 52.0. The van der Waals surface area contributed by atoms with Gasteiger partial charge >= 0.3 is 0 Å². The van der Waals surface area contributed by atoms with Crippen molar-refractivity contribution in [3.8, 4) is 0 Å². The van der Waals surface area contributed by atoms with Crippen molar-refractivity contribution >= 4 is 30.9 Å². The lowest BCUT2D eigenvalue weighted by molar-refractivity contribution is -0.716. The summed E-state index contributed by atoms with van der Waals surface area (Å²) in [7, 11) is -6.06. The second-order valence-electron chi connectivity index (χ2n) is 12.5. The number of hydrogen-bond donors (Lipinski definition) is 0. The van der Waals surface area contributed by atoms with E-state index in [1.807, 2.05) is 101 Å². The Morgan fingerprint density at radius 2 is 0.833 bits per heavy atom. The fraction of sp³-hybridized carbons (Fsp3) is 0.632. The summed E-state index contributed by atoms with van der Waals surface area (Å²) in [6.07, 6.45) is 8.77. The van der Waals surface area contributed by atoms with Gasteiger partial charge < -0.3 is 0 Å². The predicted octanol–water partition coefficient (Wildman–Crippen LogP) is 8.45. The minimum atomic E-state index is -3.03. The summed E-state index contributed by atoms with van der Waals surface area (Å²) in [5, 5.41) is 1.30. The molecule has 0 fully saturated rings. The molecule has 0 bridgehead atoms. The van der Waals surface area contributed by atoms with Gasteiger partial charge in [-0.25, -0.2) is 21.4 Å². The van der Waals surface area contributed by atoms with Gasteiger partial charge in [0.1, 0.15) is 0 Å². The van der Waals surface area contributed by atoms with Gasteiger partial charge in [-0.2, -0.15) is 13.2 Å². The van der Waals surface area contributed by atoms with Crippen LogP contribution in [0.1, 0.15) is 123 Å². The minimum absolute atomic E-state index is 0.0463. The number of benzene rings is 1. The Bertz CT molecular complexity index is 1370. The first-order valence-corrected chi connectivity index (χ1v) is 21.1. The Morgan fingerprint density at radius 3 is 1.10 bits per heavy atom. The molecule has 278 valence electrons. The molecule has 10 heteroatoms. The second-order valence-corrected chi connectivity index (χ2v) is 16.3. The Balaban J connectivity index is -0.000000547. The highest BCUT2D eigenvalue weighted by Gasteiger charge is 2.23. The summed E-state index contributed by atoms with van der Waals surface area (Å²) >= 11 is 0. The summed E-state index contributed by atoms with van der Waals surface area (Å²) in [5.41, 5.74) is 1.31. The SMILES string of the molecule is CC.CC.CC(C)N(C(C)C)S(C)(=O)=O.CC(C)N(C(C)C)S(C)(=O)=O.CC(C)[n+]1cccc2ccccc21.CC(C)[n+]1ccccc1. The first-order valence-electron chi connectivity index (χ1n) is 17.4. The number of aromatic nitrogens is 2. The third kappa shape index (κ3) is 20.2. The summed E-state index contributed by atoms with van der Waals surface area (Å²) in [4.78, 5) is 0. The quantitative estimate of drug-likeness (QED) is 0.220. The zero-order valence-electron chi connectivity index (χ0n) is 33.6. The van der Waals surface area contributed by atoms with Crippen molar-refractivity contribution in [2.45, 2.75) is 147 Å². The monoisotopic (exact) mass is 712 g/mol. The van der Waals surface area contributed by atoms with Gasteiger partial charge in [0.05, 0.1) is 12.5 Å². The lowest BCUT2D eigenvalue weighted by Crippen LogP contribution is -2.41. The van der Waals surface area contributed by atoms with Gasteiger partial charge in [0.2, 0.25) is 25.6 Å². The average Bonchev–Trinajstić information content (AvgIpc) is 2.98. The van der Waals surface area contributed by atoms with E-state index in [2.05, 4.69) is 91.8 Å². The molecule has 0 N–H and O–H groups in total. The fourth-order valence-electron chi connectivity index (χ4n) is 5.11. The van der Waals surface area contributed by atoms with Crippen molar-refractivity contribution in [2.75, 3.05) is 12.5 Å². The molecular formula is C38H72N4O4S2+2. The van der Waals surface area contributed by atoms with Crippen molar-refractivity contribution in [1.29, 1.82) is 0 Å². The maximum absolute atomic E-state index is 11.1. The van der Waals surface area contributed by atoms with Gasteiger partial charge in [0, 0.05) is 53.8 Å². The molecule has 0 amide bonds. The van der Waals surface area contributed by atoms with Crippen LogP contribution in [0.5, 0.6) is 0 Å². The number of pyridine rings is 2. The maximum atomic E-state index is 11.1. The number of sulfonamides is 2. The third-order valence-electron chi connectivity index (χ3n) is 6.43. The fourth-order valence-corrected chi connectivity index (χ4v) is 8.18. The molecule has 2 aromatic heterocycles. The number of fused-ring (bicyclic) bond motifs is 1. The molecule has 0 aliphatic rings. The van der Waals surface area contributed by atoms with Crippen LogP contribution in [0.2, 0.25) is 0 Å². The normalized spacial score (nSPS) is 11.3. The number of nitrogens with zero attached hydrogens (tertiary/aromatic N) is 4. The number of rotatable bonds is 8. The average molecular weight is 713 g/mol. The Morgan fingerprint density at radius 1 is 0.479 bits per heavy atom. The molecule has 0 radical (unpaired) electrons. The van der Waals surface area contributed by atoms with E-state index >= 15 is 0 Å². The highest BCUT2D eigenvalue weighted by molar-refractivity contribution is 7.88. The second kappa shape index (κ2) is 25.6. The van der Waals surface area contributed by atoms with Crippen molar-refractivity contribution in [2.24, 2.45) is 0 Å². The summed E-state index contributed by atoms with van der Waals surface area (Å²) in [6.45, 7) is 31.7. The van der Waals surface area contributed by atoms with E-state index in [1.54, 1.807) is 0 Å². The first kappa shape index (κ1) is 50.0. The van der Waals surface area contributed by atoms with Crippen molar-refractivity contribution < 1.29 is 26.0 Å². The van der Waals surface area contributed by atoms with E-state index in [1.165, 1.54) is 32.0 Å². The van der Waals surface area contributed by atoms with E-state index < -0.39 is 20.0 Å². The highest BCUT2D eigenvalue weighted by Crippen LogP contribution is 2.11. The number of para-hydroxylation sites is 1. The standard InChI is InChI=1S/C12H14N.C8H12N.2C7H17NO2S.2C2H6/c1-10(2)13-9-5-7-11-6-3-4-8-12(11)13;1-8(2)9-6-4-3-5-7-9;2*1-6(2)8(7(3)4)11(5,9)10;2*1-2/h3-10H,1-2H3;3-8H,1-2H3;2*6-7H,1-5H3;2*1-2H3/q2*+1;;;;. The molecule has 3 aromatic rings. The zero-order valence-corrected chi connectivity index (χ0v) is 35.3. The Labute approximate surface area is 297 Å². The molecule has 8 nitrogen and oxygen atoms in total. The topological polar surface area (TPSA) is 82.5 Å². The van der Waals surface area contributed by atoms with E-state index in [0.717, 1.165) is 0 Å². The predicted molar refractivity (Wildman–Crippen MR) is 208 cm³/mol. The van der Waals surface area contributed by atoms with E-state index in [-0.39, 0.29) is 24.2 Å². The Kier molecular flexibility index (Phi) is 26.6. The van der Waals surface area contributed by atoms with Gasteiger partial charge in [-0.1, -0.05) is 45.9 Å². The zero-order chi connectivity index (χ0) is 38.4.